The van der Waals surface area contributed by atoms with Crippen molar-refractivity contribution < 1.29 is 14.7 Å². The van der Waals surface area contributed by atoms with E-state index in [9.17, 15) is 14.7 Å². The van der Waals surface area contributed by atoms with E-state index in [4.69, 9.17) is 0 Å². The van der Waals surface area contributed by atoms with Crippen molar-refractivity contribution in [2.75, 3.05) is 5.32 Å². The molecular formula is C21H18N4O3. The van der Waals surface area contributed by atoms with Crippen LogP contribution >= 0.6 is 0 Å². The Morgan fingerprint density at radius 1 is 1.07 bits per heavy atom. The van der Waals surface area contributed by atoms with Gasteiger partial charge in [-0.1, -0.05) is 42.5 Å². The van der Waals surface area contributed by atoms with Crippen LogP contribution in [0, 0.1) is 0 Å². The third-order valence-corrected chi connectivity index (χ3v) is 4.57. The summed E-state index contributed by atoms with van der Waals surface area (Å²) in [6.45, 7) is 0. The molecule has 0 saturated heterocycles. The predicted octanol–water partition coefficient (Wildman–Crippen LogP) is 2.57. The summed E-state index contributed by atoms with van der Waals surface area (Å²) >= 11 is 0. The van der Waals surface area contributed by atoms with E-state index in [1.54, 1.807) is 18.3 Å². The number of H-pyrrole nitrogens is 1. The van der Waals surface area contributed by atoms with Gasteiger partial charge in [-0.25, -0.2) is 4.98 Å². The molecule has 0 bridgehead atoms. The zero-order chi connectivity index (χ0) is 19.5. The molecular weight excluding hydrogens is 356 g/mol. The van der Waals surface area contributed by atoms with Crippen molar-refractivity contribution in [1.82, 2.24) is 15.3 Å². The van der Waals surface area contributed by atoms with Gasteiger partial charge in [0, 0.05) is 24.0 Å². The SMILES string of the molecule is O=C(Nc1ccc(-c2ccccc2)cc1)C1=C(O)C(Cc2cnc[nH]2)NC1=O. The van der Waals surface area contributed by atoms with Crippen molar-refractivity contribution in [3.05, 3.63) is 84.1 Å². The molecule has 4 rings (SSSR count). The number of imidazole rings is 1. The Hall–Kier alpha value is -3.87. The molecule has 3 aromatic rings. The van der Waals surface area contributed by atoms with Gasteiger partial charge in [0.15, 0.2) is 0 Å². The average Bonchev–Trinajstić information content (AvgIpc) is 3.31. The molecule has 0 saturated carbocycles. The van der Waals surface area contributed by atoms with Gasteiger partial charge in [0.2, 0.25) is 0 Å². The van der Waals surface area contributed by atoms with E-state index in [0.717, 1.165) is 16.8 Å². The topological polar surface area (TPSA) is 107 Å². The number of aliphatic hydroxyl groups excluding tert-OH is 1. The number of aromatic amines is 1. The molecule has 0 radical (unpaired) electrons. The molecule has 1 unspecified atom stereocenters. The standard InChI is InChI=1S/C21H18N4O3/c26-19-17(10-16-11-22-12-23-16)25-21(28)18(19)20(27)24-15-8-6-14(7-9-15)13-4-2-1-3-5-13/h1-9,11-12,17,26H,10H2,(H,22,23)(H,24,27)(H,25,28). The van der Waals surface area contributed by atoms with E-state index in [0.29, 0.717) is 12.1 Å². The van der Waals surface area contributed by atoms with Crippen LogP contribution in [0.2, 0.25) is 0 Å². The average molecular weight is 374 g/mol. The van der Waals surface area contributed by atoms with E-state index >= 15 is 0 Å². The molecule has 1 aliphatic heterocycles. The summed E-state index contributed by atoms with van der Waals surface area (Å²) in [6, 6.07) is 16.5. The van der Waals surface area contributed by atoms with Crippen LogP contribution < -0.4 is 10.6 Å². The molecule has 7 nitrogen and oxygen atoms in total. The number of anilines is 1. The first-order valence-electron chi connectivity index (χ1n) is 8.80. The minimum Gasteiger partial charge on any atom is -0.509 e. The van der Waals surface area contributed by atoms with Gasteiger partial charge in [-0.2, -0.15) is 0 Å². The number of hydrogen-bond donors (Lipinski definition) is 4. The van der Waals surface area contributed by atoms with Crippen LogP contribution in [-0.2, 0) is 16.0 Å². The largest absolute Gasteiger partial charge is 0.509 e. The van der Waals surface area contributed by atoms with Crippen LogP contribution in [-0.4, -0.2) is 32.9 Å². The Kier molecular flexibility index (Phi) is 4.63. The quantitative estimate of drug-likeness (QED) is 0.515. The third kappa shape index (κ3) is 3.50. The zero-order valence-corrected chi connectivity index (χ0v) is 14.8. The normalized spacial score (nSPS) is 16.1. The summed E-state index contributed by atoms with van der Waals surface area (Å²) in [6.07, 6.45) is 3.44. The minimum atomic E-state index is -0.658. The van der Waals surface area contributed by atoms with Crippen LogP contribution in [0.25, 0.3) is 11.1 Å². The van der Waals surface area contributed by atoms with Gasteiger partial charge in [0.1, 0.15) is 11.3 Å². The van der Waals surface area contributed by atoms with Crippen molar-refractivity contribution in [3.63, 3.8) is 0 Å². The molecule has 4 N–H and O–H groups in total. The van der Waals surface area contributed by atoms with Gasteiger partial charge < -0.3 is 20.7 Å². The second kappa shape index (κ2) is 7.40. The Morgan fingerprint density at radius 2 is 1.79 bits per heavy atom. The maximum Gasteiger partial charge on any atom is 0.264 e. The Bertz CT molecular complexity index is 1030. The highest BCUT2D eigenvalue weighted by atomic mass is 16.3. The number of carbonyl (C=O) groups is 2. The molecule has 140 valence electrons. The molecule has 28 heavy (non-hydrogen) atoms. The number of benzene rings is 2. The first-order chi connectivity index (χ1) is 13.6. The summed E-state index contributed by atoms with van der Waals surface area (Å²) < 4.78 is 0. The second-order valence-corrected chi connectivity index (χ2v) is 6.46. The third-order valence-electron chi connectivity index (χ3n) is 4.57. The molecule has 2 amide bonds. The Balaban J connectivity index is 1.48. The van der Waals surface area contributed by atoms with Crippen molar-refractivity contribution in [2.45, 2.75) is 12.5 Å². The van der Waals surface area contributed by atoms with Crippen LogP contribution in [0.5, 0.6) is 0 Å². The second-order valence-electron chi connectivity index (χ2n) is 6.46. The Labute approximate surface area is 161 Å². The van der Waals surface area contributed by atoms with Crippen molar-refractivity contribution >= 4 is 17.5 Å². The zero-order valence-electron chi connectivity index (χ0n) is 14.8. The number of aliphatic hydroxyl groups is 1. The highest BCUT2D eigenvalue weighted by molar-refractivity contribution is 6.24. The van der Waals surface area contributed by atoms with Gasteiger partial charge in [-0.05, 0) is 23.3 Å². The van der Waals surface area contributed by atoms with Gasteiger partial charge in [-0.3, -0.25) is 9.59 Å². The number of aromatic nitrogens is 2. The number of rotatable bonds is 5. The fourth-order valence-corrected chi connectivity index (χ4v) is 3.14. The molecule has 1 aliphatic rings. The van der Waals surface area contributed by atoms with Crippen LogP contribution in [0.15, 0.2) is 78.5 Å². The lowest BCUT2D eigenvalue weighted by molar-refractivity contribution is -0.120. The highest BCUT2D eigenvalue weighted by Crippen LogP contribution is 2.23. The van der Waals surface area contributed by atoms with E-state index in [-0.39, 0.29) is 11.3 Å². The number of nitrogens with one attached hydrogen (secondary N) is 3. The molecule has 0 aliphatic carbocycles. The summed E-state index contributed by atoms with van der Waals surface area (Å²) in [5.41, 5.74) is 3.10. The molecule has 2 aromatic carbocycles. The summed E-state index contributed by atoms with van der Waals surface area (Å²) in [5.74, 6) is -1.51. The fraction of sp³-hybridized carbons (Fsp3) is 0.0952. The lowest BCUT2D eigenvalue weighted by atomic mass is 10.1. The van der Waals surface area contributed by atoms with E-state index < -0.39 is 17.9 Å². The van der Waals surface area contributed by atoms with Gasteiger partial charge in [0.05, 0.1) is 12.4 Å². The number of hydrogen-bond acceptors (Lipinski definition) is 4. The number of amides is 2. The maximum atomic E-state index is 12.5. The van der Waals surface area contributed by atoms with Crippen LogP contribution in [0.1, 0.15) is 5.69 Å². The molecule has 1 aromatic heterocycles. The summed E-state index contributed by atoms with van der Waals surface area (Å²) in [7, 11) is 0. The number of carbonyl (C=O) groups excluding carboxylic acids is 2. The molecule has 0 fully saturated rings. The molecule has 1 atom stereocenters. The fourth-order valence-electron chi connectivity index (χ4n) is 3.14. The molecule has 0 spiro atoms. The van der Waals surface area contributed by atoms with Crippen molar-refractivity contribution in [2.24, 2.45) is 0 Å². The smallest absolute Gasteiger partial charge is 0.264 e. The van der Waals surface area contributed by atoms with Gasteiger partial charge >= 0.3 is 0 Å². The lowest BCUT2D eigenvalue weighted by Gasteiger charge is -2.09. The minimum absolute atomic E-state index is 0.266. The summed E-state index contributed by atoms with van der Waals surface area (Å²) in [4.78, 5) is 31.5. The van der Waals surface area contributed by atoms with E-state index in [2.05, 4.69) is 20.6 Å². The van der Waals surface area contributed by atoms with Crippen LogP contribution in [0.3, 0.4) is 0 Å². The van der Waals surface area contributed by atoms with E-state index in [1.165, 1.54) is 6.33 Å². The molecule has 7 heteroatoms. The van der Waals surface area contributed by atoms with Gasteiger partial charge in [0.25, 0.3) is 11.8 Å². The van der Waals surface area contributed by atoms with Crippen LogP contribution in [0.4, 0.5) is 5.69 Å². The van der Waals surface area contributed by atoms with Crippen molar-refractivity contribution in [1.29, 1.82) is 0 Å². The highest BCUT2D eigenvalue weighted by Gasteiger charge is 2.36. The first kappa shape index (κ1) is 17.5. The maximum absolute atomic E-state index is 12.5. The van der Waals surface area contributed by atoms with Crippen molar-refractivity contribution in [3.8, 4) is 11.1 Å². The van der Waals surface area contributed by atoms with E-state index in [1.807, 2.05) is 42.5 Å². The summed E-state index contributed by atoms with van der Waals surface area (Å²) in [5, 5.41) is 15.6. The monoisotopic (exact) mass is 374 g/mol. The molecule has 2 heterocycles. The predicted molar refractivity (Wildman–Crippen MR) is 104 cm³/mol. The lowest BCUT2D eigenvalue weighted by Crippen LogP contribution is -2.31. The first-order valence-corrected chi connectivity index (χ1v) is 8.80. The number of nitrogens with zero attached hydrogens (tertiary/aromatic N) is 1. The Morgan fingerprint density at radius 3 is 2.46 bits per heavy atom. The van der Waals surface area contributed by atoms with Gasteiger partial charge in [-0.15, -0.1) is 0 Å².